The lowest BCUT2D eigenvalue weighted by atomic mass is 10.0. The van der Waals surface area contributed by atoms with E-state index in [1.54, 1.807) is 0 Å². The van der Waals surface area contributed by atoms with Gasteiger partial charge in [-0.05, 0) is 44.9 Å². The van der Waals surface area contributed by atoms with Crippen molar-refractivity contribution in [2.45, 2.75) is 270 Å². The van der Waals surface area contributed by atoms with E-state index in [0.29, 0.717) is 6.61 Å². The second-order valence-corrected chi connectivity index (χ2v) is 19.4. The topological polar surface area (TPSA) is 132 Å². The molecule has 0 radical (unpaired) electrons. The molecule has 0 amide bonds. The summed E-state index contributed by atoms with van der Waals surface area (Å²) in [5.74, 6) is -0.378. The lowest BCUT2D eigenvalue weighted by molar-refractivity contribution is -0.154. The Morgan fingerprint density at radius 1 is 0.500 bits per heavy atom. The molecule has 0 saturated heterocycles. The first-order chi connectivity index (χ1) is 30.3. The molecule has 0 heterocycles. The predicted octanol–water partition coefficient (Wildman–Crippen LogP) is 15.4. The summed E-state index contributed by atoms with van der Waals surface area (Å²) in [6.45, 7) is 3.55. The van der Waals surface area contributed by atoms with E-state index >= 15 is 0 Å². The molecule has 0 saturated carbocycles. The van der Waals surface area contributed by atoms with Crippen LogP contribution < -0.4 is 0 Å². The summed E-state index contributed by atoms with van der Waals surface area (Å²) in [6, 6.07) is 0. The normalized spacial score (nSPS) is 14.0. The average molecular weight is 901 g/mol. The summed E-state index contributed by atoms with van der Waals surface area (Å²) in [4.78, 5) is 22.7. The smallest absolute Gasteiger partial charge is 0.457 e. The van der Waals surface area contributed by atoms with Gasteiger partial charge in [-0.1, -0.05) is 231 Å². The van der Waals surface area contributed by atoms with Crippen LogP contribution in [0.25, 0.3) is 0 Å². The second-order valence-electron chi connectivity index (χ2n) is 17.9. The molecule has 0 aromatic heterocycles. The Morgan fingerprint density at radius 2 is 0.871 bits per heavy atom. The Kier molecular flexibility index (Phi) is 48.5. The SMILES string of the molecule is CCCCCC/C=C\C/C=C\CCCCCCCCCCOCC(COP(=O)(O)OCC(O)CO)OC(=O)CCCCCCCCCCCCCCCCCCCCCCCC. The zero-order valence-corrected chi connectivity index (χ0v) is 41.5. The number of allylic oxidation sites excluding steroid dienone is 4. The van der Waals surface area contributed by atoms with Crippen LogP contribution in [0.15, 0.2) is 24.3 Å². The highest BCUT2D eigenvalue weighted by molar-refractivity contribution is 7.47. The summed E-state index contributed by atoms with van der Waals surface area (Å²) < 4.78 is 33.5. The van der Waals surface area contributed by atoms with Crippen molar-refractivity contribution >= 4 is 13.8 Å². The van der Waals surface area contributed by atoms with Gasteiger partial charge in [-0.15, -0.1) is 0 Å². The first-order valence-corrected chi connectivity index (χ1v) is 27.8. The minimum absolute atomic E-state index is 0.0497. The number of carbonyl (C=O) groups is 1. The van der Waals surface area contributed by atoms with Gasteiger partial charge in [-0.25, -0.2) is 4.57 Å². The number of ether oxygens (including phenoxy) is 2. The van der Waals surface area contributed by atoms with Crippen LogP contribution in [0.4, 0.5) is 0 Å². The standard InChI is InChI=1S/C52H101O9P/c1-3-5-7-9-11-13-15-17-19-21-23-24-25-26-28-30-32-34-36-38-40-42-44-52(55)61-51(49-60-62(56,57)59-47-50(54)46-53)48-58-45-43-41-39-37-35-33-31-29-27-22-20-18-16-14-12-10-8-6-4-2/h14,16,20,22,50-51,53-54H,3-13,15,17-19,21,23-49H2,1-2H3,(H,56,57)/b16-14-,22-20-. The molecule has 3 N–H and O–H groups in total. The van der Waals surface area contributed by atoms with E-state index in [0.717, 1.165) is 44.9 Å². The van der Waals surface area contributed by atoms with Gasteiger partial charge in [-0.3, -0.25) is 13.8 Å². The lowest BCUT2D eigenvalue weighted by Gasteiger charge is -2.20. The van der Waals surface area contributed by atoms with E-state index in [4.69, 9.17) is 23.6 Å². The van der Waals surface area contributed by atoms with Gasteiger partial charge < -0.3 is 24.6 Å². The second kappa shape index (κ2) is 49.4. The third-order valence-electron chi connectivity index (χ3n) is 11.6. The Hall–Kier alpha value is -1.06. The molecular weight excluding hydrogens is 800 g/mol. The fourth-order valence-corrected chi connectivity index (χ4v) is 8.41. The maximum atomic E-state index is 12.7. The molecule has 0 spiro atoms. The third-order valence-corrected chi connectivity index (χ3v) is 12.6. The molecule has 10 heteroatoms. The summed E-state index contributed by atoms with van der Waals surface area (Å²) in [6.07, 6.45) is 54.3. The highest BCUT2D eigenvalue weighted by Gasteiger charge is 2.26. The molecule has 0 aliphatic rings. The maximum Gasteiger partial charge on any atom is 0.472 e. The highest BCUT2D eigenvalue weighted by atomic mass is 31.2. The van der Waals surface area contributed by atoms with Crippen LogP contribution in [0.2, 0.25) is 0 Å². The number of hydrogen-bond acceptors (Lipinski definition) is 8. The van der Waals surface area contributed by atoms with Crippen molar-refractivity contribution < 1.29 is 43.0 Å². The molecule has 9 nitrogen and oxygen atoms in total. The largest absolute Gasteiger partial charge is 0.472 e. The van der Waals surface area contributed by atoms with E-state index in [2.05, 4.69) is 38.2 Å². The molecule has 0 rings (SSSR count). The van der Waals surface area contributed by atoms with Crippen molar-refractivity contribution in [1.82, 2.24) is 0 Å². The van der Waals surface area contributed by atoms with Crippen molar-refractivity contribution in [3.8, 4) is 0 Å². The summed E-state index contributed by atoms with van der Waals surface area (Å²) in [5, 5.41) is 18.4. The van der Waals surface area contributed by atoms with Gasteiger partial charge in [0.05, 0.1) is 26.4 Å². The van der Waals surface area contributed by atoms with E-state index in [9.17, 15) is 19.4 Å². The van der Waals surface area contributed by atoms with Crippen molar-refractivity contribution in [2.24, 2.45) is 0 Å². The predicted molar refractivity (Wildman–Crippen MR) is 261 cm³/mol. The number of unbranched alkanes of at least 4 members (excludes halogenated alkanes) is 33. The molecule has 3 unspecified atom stereocenters. The van der Waals surface area contributed by atoms with E-state index in [1.807, 2.05) is 0 Å². The summed E-state index contributed by atoms with van der Waals surface area (Å²) in [7, 11) is -4.52. The summed E-state index contributed by atoms with van der Waals surface area (Å²) >= 11 is 0. The number of esters is 1. The minimum Gasteiger partial charge on any atom is -0.457 e. The van der Waals surface area contributed by atoms with Crippen LogP contribution >= 0.6 is 7.82 Å². The van der Waals surface area contributed by atoms with Gasteiger partial charge in [0.15, 0.2) is 0 Å². The van der Waals surface area contributed by atoms with Gasteiger partial charge in [0.1, 0.15) is 12.2 Å². The molecule has 3 atom stereocenters. The molecular formula is C52H101O9P. The Morgan fingerprint density at radius 3 is 1.31 bits per heavy atom. The van der Waals surface area contributed by atoms with Crippen LogP contribution in [0.5, 0.6) is 0 Å². The molecule has 0 aliphatic heterocycles. The molecule has 0 aromatic rings. The van der Waals surface area contributed by atoms with Crippen molar-refractivity contribution in [3.05, 3.63) is 24.3 Å². The van der Waals surface area contributed by atoms with Gasteiger partial charge in [0.25, 0.3) is 0 Å². The van der Waals surface area contributed by atoms with Crippen LogP contribution in [-0.2, 0) is 27.9 Å². The zero-order chi connectivity index (χ0) is 45.3. The fraction of sp³-hybridized carbons (Fsp3) is 0.904. The number of aliphatic hydroxyl groups is 2. The number of phosphoric ester groups is 1. The van der Waals surface area contributed by atoms with Gasteiger partial charge in [-0.2, -0.15) is 0 Å². The molecule has 0 bridgehead atoms. The highest BCUT2D eigenvalue weighted by Crippen LogP contribution is 2.43. The molecule has 0 aliphatic carbocycles. The van der Waals surface area contributed by atoms with Gasteiger partial charge in [0.2, 0.25) is 0 Å². The van der Waals surface area contributed by atoms with Crippen LogP contribution in [0.3, 0.4) is 0 Å². The summed E-state index contributed by atoms with van der Waals surface area (Å²) in [5.41, 5.74) is 0. The number of rotatable bonds is 51. The fourth-order valence-electron chi connectivity index (χ4n) is 7.62. The van der Waals surface area contributed by atoms with Crippen LogP contribution in [0.1, 0.15) is 258 Å². The third kappa shape index (κ3) is 48.4. The Balaban J connectivity index is 4.03. The van der Waals surface area contributed by atoms with E-state index in [1.165, 1.54) is 193 Å². The first-order valence-electron chi connectivity index (χ1n) is 26.3. The Labute approximate surface area is 383 Å². The number of hydrogen-bond donors (Lipinski definition) is 3. The first kappa shape index (κ1) is 60.9. The van der Waals surface area contributed by atoms with E-state index < -0.39 is 33.2 Å². The Bertz CT molecular complexity index is 1020. The van der Waals surface area contributed by atoms with Gasteiger partial charge in [0, 0.05) is 13.0 Å². The van der Waals surface area contributed by atoms with Crippen molar-refractivity contribution in [1.29, 1.82) is 0 Å². The van der Waals surface area contributed by atoms with Crippen molar-refractivity contribution in [2.75, 3.05) is 33.0 Å². The molecule has 0 fully saturated rings. The van der Waals surface area contributed by atoms with E-state index in [-0.39, 0.29) is 25.6 Å². The lowest BCUT2D eigenvalue weighted by Crippen LogP contribution is -2.29. The quantitative estimate of drug-likeness (QED) is 0.0236. The molecule has 0 aromatic carbocycles. The van der Waals surface area contributed by atoms with Crippen LogP contribution in [-0.4, -0.2) is 66.3 Å². The minimum atomic E-state index is -4.52. The monoisotopic (exact) mass is 901 g/mol. The maximum absolute atomic E-state index is 12.7. The van der Waals surface area contributed by atoms with Crippen molar-refractivity contribution in [3.63, 3.8) is 0 Å². The number of phosphoric acid groups is 1. The van der Waals surface area contributed by atoms with Gasteiger partial charge >= 0.3 is 13.8 Å². The number of carbonyl (C=O) groups excluding carboxylic acids is 1. The zero-order valence-electron chi connectivity index (χ0n) is 40.6. The van der Waals surface area contributed by atoms with Crippen LogP contribution in [0, 0.1) is 0 Å². The number of aliphatic hydroxyl groups excluding tert-OH is 2. The molecule has 62 heavy (non-hydrogen) atoms. The average Bonchev–Trinajstić information content (AvgIpc) is 3.26. The molecule has 368 valence electrons.